The van der Waals surface area contributed by atoms with Gasteiger partial charge in [0, 0.05) is 17.5 Å². The Kier molecular flexibility index (Phi) is 3.74. The SMILES string of the molecule is CC(C)(C)C(=O)CN1C(=O)CCCc2ccccc21. The van der Waals surface area contributed by atoms with E-state index in [-0.39, 0.29) is 18.2 Å². The first-order chi connectivity index (χ1) is 8.89. The minimum atomic E-state index is -0.415. The molecule has 0 saturated heterocycles. The van der Waals surface area contributed by atoms with Crippen molar-refractivity contribution in [1.29, 1.82) is 0 Å². The van der Waals surface area contributed by atoms with Gasteiger partial charge >= 0.3 is 0 Å². The number of nitrogens with zero attached hydrogens (tertiary/aromatic N) is 1. The number of carbonyl (C=O) groups is 2. The number of para-hydroxylation sites is 1. The quantitative estimate of drug-likeness (QED) is 0.819. The maximum absolute atomic E-state index is 12.2. The molecule has 0 saturated carbocycles. The largest absolute Gasteiger partial charge is 0.305 e. The molecule has 0 atom stereocenters. The Balaban J connectivity index is 2.32. The van der Waals surface area contributed by atoms with E-state index in [9.17, 15) is 9.59 Å². The molecule has 102 valence electrons. The number of aryl methyl sites for hydroxylation is 1. The van der Waals surface area contributed by atoms with Crippen molar-refractivity contribution in [2.45, 2.75) is 40.0 Å². The van der Waals surface area contributed by atoms with Crippen LogP contribution < -0.4 is 4.90 Å². The van der Waals surface area contributed by atoms with Crippen molar-refractivity contribution in [2.75, 3.05) is 11.4 Å². The number of ketones is 1. The minimum absolute atomic E-state index is 0.0579. The molecule has 0 aliphatic carbocycles. The number of anilines is 1. The molecular formula is C16H21NO2. The highest BCUT2D eigenvalue weighted by Gasteiger charge is 2.28. The zero-order valence-corrected chi connectivity index (χ0v) is 11.9. The minimum Gasteiger partial charge on any atom is -0.305 e. The lowest BCUT2D eigenvalue weighted by Crippen LogP contribution is -2.39. The van der Waals surface area contributed by atoms with Crippen LogP contribution in [0, 0.1) is 5.41 Å². The van der Waals surface area contributed by atoms with Crippen molar-refractivity contribution >= 4 is 17.4 Å². The van der Waals surface area contributed by atoms with E-state index in [1.807, 2.05) is 45.0 Å². The molecule has 0 unspecified atom stereocenters. The van der Waals surface area contributed by atoms with Gasteiger partial charge in [-0.2, -0.15) is 0 Å². The maximum Gasteiger partial charge on any atom is 0.227 e. The van der Waals surface area contributed by atoms with Crippen molar-refractivity contribution in [2.24, 2.45) is 5.41 Å². The lowest BCUT2D eigenvalue weighted by Gasteiger charge is -2.26. The van der Waals surface area contributed by atoms with Crippen LogP contribution in [0.1, 0.15) is 39.2 Å². The number of benzene rings is 1. The summed E-state index contributed by atoms with van der Waals surface area (Å²) in [4.78, 5) is 26.1. The molecule has 3 nitrogen and oxygen atoms in total. The van der Waals surface area contributed by atoms with Gasteiger partial charge in [0.2, 0.25) is 5.91 Å². The predicted molar refractivity (Wildman–Crippen MR) is 76.2 cm³/mol. The Morgan fingerprint density at radius 3 is 2.58 bits per heavy atom. The Morgan fingerprint density at radius 2 is 1.89 bits per heavy atom. The molecule has 1 aliphatic heterocycles. The van der Waals surface area contributed by atoms with Crippen LogP contribution in [0.15, 0.2) is 24.3 Å². The van der Waals surface area contributed by atoms with Gasteiger partial charge in [-0.1, -0.05) is 39.0 Å². The van der Waals surface area contributed by atoms with E-state index in [2.05, 4.69) is 0 Å². The summed E-state index contributed by atoms with van der Waals surface area (Å²) in [5, 5.41) is 0. The second kappa shape index (κ2) is 5.16. The van der Waals surface area contributed by atoms with E-state index in [0.29, 0.717) is 6.42 Å². The van der Waals surface area contributed by atoms with Gasteiger partial charge in [0.1, 0.15) is 0 Å². The number of Topliss-reactive ketones (excluding diaryl/α,β-unsaturated/α-hetero) is 1. The standard InChI is InChI=1S/C16H21NO2/c1-16(2,3)14(18)11-17-13-9-5-4-7-12(13)8-6-10-15(17)19/h4-5,7,9H,6,8,10-11H2,1-3H3. The summed E-state index contributed by atoms with van der Waals surface area (Å²) >= 11 is 0. The second-order valence-electron chi connectivity index (χ2n) is 6.14. The average molecular weight is 259 g/mol. The molecule has 3 heteroatoms. The second-order valence-corrected chi connectivity index (χ2v) is 6.14. The number of rotatable bonds is 2. The summed E-state index contributed by atoms with van der Waals surface area (Å²) in [5.41, 5.74) is 1.65. The van der Waals surface area contributed by atoms with Gasteiger partial charge in [-0.05, 0) is 24.5 Å². The van der Waals surface area contributed by atoms with Gasteiger partial charge in [-0.25, -0.2) is 0 Å². The smallest absolute Gasteiger partial charge is 0.227 e. The lowest BCUT2D eigenvalue weighted by atomic mass is 9.90. The van der Waals surface area contributed by atoms with Crippen LogP contribution in [0.4, 0.5) is 5.69 Å². The lowest BCUT2D eigenvalue weighted by molar-refractivity contribution is -0.127. The highest BCUT2D eigenvalue weighted by atomic mass is 16.2. The first-order valence-corrected chi connectivity index (χ1v) is 6.81. The van der Waals surface area contributed by atoms with Gasteiger partial charge in [0.15, 0.2) is 5.78 Å². The van der Waals surface area contributed by atoms with E-state index >= 15 is 0 Å². The number of fused-ring (bicyclic) bond motifs is 1. The Labute approximate surface area is 114 Å². The molecule has 0 radical (unpaired) electrons. The molecule has 1 amide bonds. The van der Waals surface area contributed by atoms with Crippen LogP contribution in [-0.2, 0) is 16.0 Å². The Morgan fingerprint density at radius 1 is 1.21 bits per heavy atom. The first kappa shape index (κ1) is 13.8. The molecule has 1 aromatic rings. The van der Waals surface area contributed by atoms with Gasteiger partial charge in [0.05, 0.1) is 6.54 Å². The summed E-state index contributed by atoms with van der Waals surface area (Å²) in [6.07, 6.45) is 2.28. The van der Waals surface area contributed by atoms with E-state index < -0.39 is 5.41 Å². The summed E-state index contributed by atoms with van der Waals surface area (Å²) in [7, 11) is 0. The van der Waals surface area contributed by atoms with Crippen LogP contribution in [0.2, 0.25) is 0 Å². The predicted octanol–water partition coefficient (Wildman–Crippen LogP) is 2.97. The molecule has 0 bridgehead atoms. The molecule has 0 spiro atoms. The maximum atomic E-state index is 12.2. The highest BCUT2D eigenvalue weighted by molar-refractivity contribution is 6.01. The molecular weight excluding hydrogens is 238 g/mol. The normalized spacial score (nSPS) is 15.9. The van der Waals surface area contributed by atoms with Gasteiger partial charge in [-0.3, -0.25) is 9.59 Å². The third kappa shape index (κ3) is 3.03. The highest BCUT2D eigenvalue weighted by Crippen LogP contribution is 2.28. The summed E-state index contributed by atoms with van der Waals surface area (Å²) in [6, 6.07) is 7.89. The number of hydrogen-bond donors (Lipinski definition) is 0. The molecule has 2 rings (SSSR count). The summed E-state index contributed by atoms with van der Waals surface area (Å²) in [6.45, 7) is 5.86. The van der Waals surface area contributed by atoms with Crippen molar-refractivity contribution in [3.8, 4) is 0 Å². The third-order valence-corrected chi connectivity index (χ3v) is 3.56. The summed E-state index contributed by atoms with van der Waals surface area (Å²) in [5.74, 6) is 0.153. The number of carbonyl (C=O) groups excluding carboxylic acids is 2. The van der Waals surface area contributed by atoms with E-state index in [0.717, 1.165) is 24.1 Å². The molecule has 1 heterocycles. The third-order valence-electron chi connectivity index (χ3n) is 3.56. The van der Waals surface area contributed by atoms with Crippen LogP contribution in [0.5, 0.6) is 0 Å². The average Bonchev–Trinajstić information content (AvgIpc) is 2.49. The molecule has 1 aromatic carbocycles. The van der Waals surface area contributed by atoms with E-state index in [4.69, 9.17) is 0 Å². The first-order valence-electron chi connectivity index (χ1n) is 6.81. The van der Waals surface area contributed by atoms with Gasteiger partial charge in [-0.15, -0.1) is 0 Å². The number of amides is 1. The zero-order chi connectivity index (χ0) is 14.0. The van der Waals surface area contributed by atoms with E-state index in [1.165, 1.54) is 0 Å². The molecule has 0 fully saturated rings. The Bertz CT molecular complexity index is 500. The molecule has 0 N–H and O–H groups in total. The monoisotopic (exact) mass is 259 g/mol. The van der Waals surface area contributed by atoms with Crippen LogP contribution >= 0.6 is 0 Å². The molecule has 1 aliphatic rings. The van der Waals surface area contributed by atoms with Crippen molar-refractivity contribution < 1.29 is 9.59 Å². The molecule has 19 heavy (non-hydrogen) atoms. The zero-order valence-electron chi connectivity index (χ0n) is 11.9. The topological polar surface area (TPSA) is 37.4 Å². The van der Waals surface area contributed by atoms with Crippen molar-refractivity contribution in [1.82, 2.24) is 0 Å². The van der Waals surface area contributed by atoms with Crippen LogP contribution in [-0.4, -0.2) is 18.2 Å². The fourth-order valence-electron chi connectivity index (χ4n) is 2.24. The fraction of sp³-hybridized carbons (Fsp3) is 0.500. The van der Waals surface area contributed by atoms with Crippen molar-refractivity contribution in [3.63, 3.8) is 0 Å². The van der Waals surface area contributed by atoms with Crippen LogP contribution in [0.25, 0.3) is 0 Å². The van der Waals surface area contributed by atoms with Gasteiger partial charge < -0.3 is 4.90 Å². The summed E-state index contributed by atoms with van der Waals surface area (Å²) < 4.78 is 0. The van der Waals surface area contributed by atoms with E-state index in [1.54, 1.807) is 4.90 Å². The number of hydrogen-bond acceptors (Lipinski definition) is 2. The molecule has 0 aromatic heterocycles. The van der Waals surface area contributed by atoms with Gasteiger partial charge in [0.25, 0.3) is 0 Å². The Hall–Kier alpha value is -1.64. The van der Waals surface area contributed by atoms with Crippen LogP contribution in [0.3, 0.4) is 0 Å². The fourth-order valence-corrected chi connectivity index (χ4v) is 2.24. The van der Waals surface area contributed by atoms with Crippen molar-refractivity contribution in [3.05, 3.63) is 29.8 Å².